The second kappa shape index (κ2) is 7.93. The second-order valence-corrected chi connectivity index (χ2v) is 5.49. The quantitative estimate of drug-likeness (QED) is 0.631. The zero-order chi connectivity index (χ0) is 14.2. The average molecular weight is 273 g/mol. The fourth-order valence-corrected chi connectivity index (χ4v) is 2.81. The van der Waals surface area contributed by atoms with Crippen LogP contribution in [0.4, 0.5) is 5.69 Å². The third-order valence-electron chi connectivity index (χ3n) is 4.10. The summed E-state index contributed by atoms with van der Waals surface area (Å²) in [6.07, 6.45) is 8.52. The molecule has 1 fully saturated rings. The number of nitrogens with one attached hydrogen (secondary N) is 1. The van der Waals surface area contributed by atoms with Gasteiger partial charge in [0.2, 0.25) is 0 Å². The lowest BCUT2D eigenvalue weighted by Crippen LogP contribution is -2.26. The molecule has 0 aromatic heterocycles. The molecule has 2 rings (SSSR count). The molecule has 1 aromatic rings. The highest BCUT2D eigenvalue weighted by molar-refractivity contribution is 5.80. The Morgan fingerprint density at radius 1 is 1.10 bits per heavy atom. The Kier molecular flexibility index (Phi) is 5.90. The van der Waals surface area contributed by atoms with Crippen LogP contribution in [0.5, 0.6) is 0 Å². The van der Waals surface area contributed by atoms with Crippen molar-refractivity contribution in [3.8, 4) is 0 Å². The maximum atomic E-state index is 4.39. The first kappa shape index (κ1) is 14.9. The van der Waals surface area contributed by atoms with Gasteiger partial charge in [0.1, 0.15) is 0 Å². The number of hydrazone groups is 1. The minimum Gasteiger partial charge on any atom is -0.372 e. The fourth-order valence-electron chi connectivity index (χ4n) is 2.81. The molecule has 0 unspecified atom stereocenters. The van der Waals surface area contributed by atoms with E-state index < -0.39 is 0 Å². The Bertz CT molecular complexity index is 401. The van der Waals surface area contributed by atoms with Crippen molar-refractivity contribution in [1.82, 2.24) is 5.43 Å². The highest BCUT2D eigenvalue weighted by Crippen LogP contribution is 2.17. The summed E-state index contributed by atoms with van der Waals surface area (Å²) in [6.45, 7) is 6.47. The molecule has 0 bridgehead atoms. The van der Waals surface area contributed by atoms with Crippen molar-refractivity contribution < 1.29 is 0 Å². The van der Waals surface area contributed by atoms with Crippen molar-refractivity contribution in [2.24, 2.45) is 5.10 Å². The first-order valence-corrected chi connectivity index (χ1v) is 7.97. The van der Waals surface area contributed by atoms with Crippen molar-refractivity contribution in [2.75, 3.05) is 18.0 Å². The Morgan fingerprint density at radius 3 is 2.35 bits per heavy atom. The van der Waals surface area contributed by atoms with Crippen LogP contribution in [0, 0.1) is 0 Å². The summed E-state index contributed by atoms with van der Waals surface area (Å²) in [6, 6.07) is 9.21. The van der Waals surface area contributed by atoms with Gasteiger partial charge in [-0.1, -0.05) is 31.4 Å². The van der Waals surface area contributed by atoms with E-state index in [1.165, 1.54) is 37.8 Å². The highest BCUT2D eigenvalue weighted by atomic mass is 15.3. The SMILES string of the molecule is CCN(CC)c1ccc(/C=N/NC2CCCCC2)cc1. The topological polar surface area (TPSA) is 27.6 Å². The van der Waals surface area contributed by atoms with E-state index in [0.717, 1.165) is 18.7 Å². The lowest BCUT2D eigenvalue weighted by atomic mass is 9.96. The Morgan fingerprint density at radius 2 is 1.75 bits per heavy atom. The van der Waals surface area contributed by atoms with E-state index >= 15 is 0 Å². The van der Waals surface area contributed by atoms with Gasteiger partial charge < -0.3 is 10.3 Å². The average Bonchev–Trinajstić information content (AvgIpc) is 2.51. The normalized spacial score (nSPS) is 16.5. The summed E-state index contributed by atoms with van der Waals surface area (Å²) < 4.78 is 0. The van der Waals surface area contributed by atoms with Crippen molar-refractivity contribution >= 4 is 11.9 Å². The van der Waals surface area contributed by atoms with Crippen LogP contribution in [-0.2, 0) is 0 Å². The predicted molar refractivity (Wildman–Crippen MR) is 87.6 cm³/mol. The van der Waals surface area contributed by atoms with Crippen LogP contribution in [0.2, 0.25) is 0 Å². The van der Waals surface area contributed by atoms with Crippen LogP contribution >= 0.6 is 0 Å². The van der Waals surface area contributed by atoms with Crippen LogP contribution in [0.1, 0.15) is 51.5 Å². The van der Waals surface area contributed by atoms with E-state index in [2.05, 4.69) is 53.5 Å². The van der Waals surface area contributed by atoms with Crippen molar-refractivity contribution in [1.29, 1.82) is 0 Å². The molecule has 1 aliphatic rings. The number of hydrogen-bond acceptors (Lipinski definition) is 3. The van der Waals surface area contributed by atoms with Gasteiger partial charge in [-0.25, -0.2) is 0 Å². The van der Waals surface area contributed by atoms with E-state index in [1.54, 1.807) is 0 Å². The molecule has 0 heterocycles. The lowest BCUT2D eigenvalue weighted by Gasteiger charge is -2.21. The van der Waals surface area contributed by atoms with Gasteiger partial charge in [0.15, 0.2) is 0 Å². The molecule has 110 valence electrons. The minimum atomic E-state index is 0.579. The maximum Gasteiger partial charge on any atom is 0.0540 e. The smallest absolute Gasteiger partial charge is 0.0540 e. The molecular weight excluding hydrogens is 246 g/mol. The van der Waals surface area contributed by atoms with Crippen LogP contribution in [-0.4, -0.2) is 25.3 Å². The molecule has 0 radical (unpaired) electrons. The molecule has 0 saturated heterocycles. The zero-order valence-electron chi connectivity index (χ0n) is 12.8. The largest absolute Gasteiger partial charge is 0.372 e. The van der Waals surface area contributed by atoms with Crippen molar-refractivity contribution in [3.63, 3.8) is 0 Å². The summed E-state index contributed by atoms with van der Waals surface area (Å²) in [5.41, 5.74) is 5.73. The van der Waals surface area contributed by atoms with Gasteiger partial charge in [-0.15, -0.1) is 0 Å². The molecule has 1 aromatic carbocycles. The van der Waals surface area contributed by atoms with E-state index in [1.807, 2.05) is 6.21 Å². The van der Waals surface area contributed by atoms with Gasteiger partial charge >= 0.3 is 0 Å². The lowest BCUT2D eigenvalue weighted by molar-refractivity contribution is 0.381. The van der Waals surface area contributed by atoms with Crippen molar-refractivity contribution in [2.45, 2.75) is 52.0 Å². The van der Waals surface area contributed by atoms with Crippen molar-refractivity contribution in [3.05, 3.63) is 29.8 Å². The molecule has 0 amide bonds. The maximum absolute atomic E-state index is 4.39. The fraction of sp³-hybridized carbons (Fsp3) is 0.588. The molecular formula is C17H27N3. The van der Waals surface area contributed by atoms with Gasteiger partial charge in [-0.3, -0.25) is 0 Å². The summed E-state index contributed by atoms with van der Waals surface area (Å²) in [5.74, 6) is 0. The van der Waals surface area contributed by atoms with Crippen LogP contribution in [0.3, 0.4) is 0 Å². The summed E-state index contributed by atoms with van der Waals surface area (Å²) in [7, 11) is 0. The number of rotatable bonds is 6. The molecule has 20 heavy (non-hydrogen) atoms. The highest BCUT2D eigenvalue weighted by Gasteiger charge is 2.11. The molecule has 1 saturated carbocycles. The van der Waals surface area contributed by atoms with Gasteiger partial charge in [-0.2, -0.15) is 5.10 Å². The standard InChI is InChI=1S/C17H27N3/c1-3-20(4-2)17-12-10-15(11-13-17)14-18-19-16-8-6-5-7-9-16/h10-14,16,19H,3-9H2,1-2H3/b18-14+. The van der Waals surface area contributed by atoms with Gasteiger partial charge in [0.25, 0.3) is 0 Å². The van der Waals surface area contributed by atoms with Crippen LogP contribution < -0.4 is 10.3 Å². The van der Waals surface area contributed by atoms with Gasteiger partial charge in [0, 0.05) is 24.8 Å². The van der Waals surface area contributed by atoms with E-state index in [9.17, 15) is 0 Å². The molecule has 1 N–H and O–H groups in total. The molecule has 3 nitrogen and oxygen atoms in total. The third kappa shape index (κ3) is 4.26. The van der Waals surface area contributed by atoms with E-state index in [-0.39, 0.29) is 0 Å². The molecule has 0 spiro atoms. The number of nitrogens with zero attached hydrogens (tertiary/aromatic N) is 2. The van der Waals surface area contributed by atoms with E-state index in [0.29, 0.717) is 6.04 Å². The Balaban J connectivity index is 1.86. The molecule has 0 atom stereocenters. The summed E-state index contributed by atoms with van der Waals surface area (Å²) in [4.78, 5) is 2.35. The monoisotopic (exact) mass is 273 g/mol. The van der Waals surface area contributed by atoms with Crippen LogP contribution in [0.25, 0.3) is 0 Å². The summed E-state index contributed by atoms with van der Waals surface area (Å²) >= 11 is 0. The number of benzene rings is 1. The van der Waals surface area contributed by atoms with Gasteiger partial charge in [0.05, 0.1) is 6.21 Å². The third-order valence-corrected chi connectivity index (χ3v) is 4.10. The minimum absolute atomic E-state index is 0.579. The first-order valence-electron chi connectivity index (χ1n) is 7.97. The zero-order valence-corrected chi connectivity index (χ0v) is 12.8. The number of hydrogen-bond donors (Lipinski definition) is 1. The number of anilines is 1. The Labute approximate surface area is 123 Å². The summed E-state index contributed by atoms with van der Waals surface area (Å²) in [5, 5.41) is 4.39. The first-order chi connectivity index (χ1) is 9.83. The molecule has 0 aliphatic heterocycles. The van der Waals surface area contributed by atoms with Crippen LogP contribution in [0.15, 0.2) is 29.4 Å². The molecule has 3 heteroatoms. The Hall–Kier alpha value is -1.51. The molecule has 1 aliphatic carbocycles. The predicted octanol–water partition coefficient (Wildman–Crippen LogP) is 3.79. The second-order valence-electron chi connectivity index (χ2n) is 5.49. The van der Waals surface area contributed by atoms with E-state index in [4.69, 9.17) is 0 Å². The van der Waals surface area contributed by atoms with Gasteiger partial charge in [-0.05, 0) is 44.4 Å².